The molecule has 146 valence electrons. The average molecular weight is 382 g/mol. The van der Waals surface area contributed by atoms with Gasteiger partial charge in [0.2, 0.25) is 5.91 Å². The number of carbonyl (C=O) groups excluding carboxylic acids is 1. The molecule has 1 aliphatic heterocycles. The molecule has 0 bridgehead atoms. The Bertz CT molecular complexity index is 770. The van der Waals surface area contributed by atoms with Crippen molar-refractivity contribution in [2.75, 3.05) is 13.1 Å². The van der Waals surface area contributed by atoms with Gasteiger partial charge in [0.25, 0.3) is 0 Å². The molecule has 0 unspecified atom stereocenters. The highest BCUT2D eigenvalue weighted by molar-refractivity contribution is 5.75. The van der Waals surface area contributed by atoms with Gasteiger partial charge in [0.15, 0.2) is 0 Å². The molecule has 2 heterocycles. The van der Waals surface area contributed by atoms with Gasteiger partial charge in [0.05, 0.1) is 5.69 Å². The minimum absolute atomic E-state index is 0.00242. The molecule has 2 N–H and O–H groups in total. The van der Waals surface area contributed by atoms with Crippen molar-refractivity contribution in [3.8, 4) is 5.75 Å². The molecule has 2 aromatic rings. The lowest BCUT2D eigenvalue weighted by Gasteiger charge is -2.20. The highest BCUT2D eigenvalue weighted by Crippen LogP contribution is 2.26. The van der Waals surface area contributed by atoms with Crippen LogP contribution in [0.2, 0.25) is 0 Å². The lowest BCUT2D eigenvalue weighted by atomic mass is 9.97. The first-order valence-corrected chi connectivity index (χ1v) is 8.75. The van der Waals surface area contributed by atoms with Crippen LogP contribution < -0.4 is 15.4 Å². The van der Waals surface area contributed by atoms with Crippen molar-refractivity contribution in [3.63, 3.8) is 0 Å². The number of benzene rings is 1. The summed E-state index contributed by atoms with van der Waals surface area (Å²) in [5.41, 5.74) is 1.19. The molecule has 9 heteroatoms. The maximum Gasteiger partial charge on any atom is 0.573 e. The van der Waals surface area contributed by atoms with E-state index in [9.17, 15) is 18.0 Å². The van der Waals surface area contributed by atoms with Crippen LogP contribution in [-0.2, 0) is 17.9 Å². The standard InChI is InChI=1S/C18H21F3N4O2/c19-18(20,21)27-16-6-2-1-4-14(16)11-23-17(26)12-25-9-7-15(24-25)13-5-3-8-22-10-13/h1-2,4,6-7,9,13,22H,3,5,8,10-12H2,(H,23,26)/t13-/m1/s1. The van der Waals surface area contributed by atoms with Crippen LogP contribution in [0.1, 0.15) is 30.0 Å². The van der Waals surface area contributed by atoms with Crippen LogP contribution in [0.3, 0.4) is 0 Å². The number of carbonyl (C=O) groups is 1. The number of alkyl halides is 3. The van der Waals surface area contributed by atoms with Crippen LogP contribution in [0.4, 0.5) is 13.2 Å². The molecule has 0 saturated carbocycles. The summed E-state index contributed by atoms with van der Waals surface area (Å²) in [5.74, 6) is -0.320. The summed E-state index contributed by atoms with van der Waals surface area (Å²) in [4.78, 5) is 12.1. The lowest BCUT2D eigenvalue weighted by molar-refractivity contribution is -0.274. The molecular formula is C18H21F3N4O2. The Balaban J connectivity index is 1.54. The van der Waals surface area contributed by atoms with Crippen molar-refractivity contribution in [2.45, 2.75) is 38.2 Å². The van der Waals surface area contributed by atoms with Crippen LogP contribution in [0, 0.1) is 0 Å². The number of para-hydroxylation sites is 1. The van der Waals surface area contributed by atoms with Gasteiger partial charge >= 0.3 is 6.36 Å². The minimum atomic E-state index is -4.78. The summed E-state index contributed by atoms with van der Waals surface area (Å²) in [6.07, 6.45) is -0.882. The summed E-state index contributed by atoms with van der Waals surface area (Å²) in [6.45, 7) is 1.83. The molecule has 0 radical (unpaired) electrons. The number of hydrogen-bond donors (Lipinski definition) is 2. The predicted molar refractivity (Wildman–Crippen MR) is 92.0 cm³/mol. The number of ether oxygens (including phenoxy) is 1. The van der Waals surface area contributed by atoms with Gasteiger partial charge in [-0.25, -0.2) is 0 Å². The van der Waals surface area contributed by atoms with Gasteiger partial charge in [-0.2, -0.15) is 5.10 Å². The Kier molecular flexibility index (Phi) is 6.00. The Morgan fingerprint density at radius 2 is 2.15 bits per heavy atom. The molecule has 1 amide bonds. The van der Waals surface area contributed by atoms with Gasteiger partial charge in [-0.05, 0) is 31.5 Å². The second-order valence-corrected chi connectivity index (χ2v) is 6.41. The fraction of sp³-hybridized carbons (Fsp3) is 0.444. The molecule has 27 heavy (non-hydrogen) atoms. The number of nitrogens with one attached hydrogen (secondary N) is 2. The first-order chi connectivity index (χ1) is 12.9. The molecule has 1 aromatic carbocycles. The maximum absolute atomic E-state index is 12.4. The molecule has 1 atom stereocenters. The predicted octanol–water partition coefficient (Wildman–Crippen LogP) is 2.57. The summed E-state index contributed by atoms with van der Waals surface area (Å²) >= 11 is 0. The molecule has 3 rings (SSSR count). The number of aromatic nitrogens is 2. The zero-order valence-electron chi connectivity index (χ0n) is 14.6. The second-order valence-electron chi connectivity index (χ2n) is 6.41. The van der Waals surface area contributed by atoms with Crippen molar-refractivity contribution in [1.29, 1.82) is 0 Å². The zero-order valence-corrected chi connectivity index (χ0v) is 14.6. The van der Waals surface area contributed by atoms with E-state index >= 15 is 0 Å². The Morgan fingerprint density at radius 3 is 2.89 bits per heavy atom. The first kappa shape index (κ1) is 19.2. The smallest absolute Gasteiger partial charge is 0.405 e. The summed E-state index contributed by atoms with van der Waals surface area (Å²) in [5, 5.41) is 10.4. The van der Waals surface area contributed by atoms with Crippen LogP contribution in [0.15, 0.2) is 36.5 Å². The van der Waals surface area contributed by atoms with Crippen LogP contribution >= 0.6 is 0 Å². The highest BCUT2D eigenvalue weighted by atomic mass is 19.4. The summed E-state index contributed by atoms with van der Waals surface area (Å²) in [6, 6.07) is 7.62. The van der Waals surface area contributed by atoms with E-state index in [0.717, 1.165) is 31.6 Å². The minimum Gasteiger partial charge on any atom is -0.405 e. The Hall–Kier alpha value is -2.55. The van der Waals surface area contributed by atoms with Crippen molar-refractivity contribution in [3.05, 3.63) is 47.8 Å². The summed E-state index contributed by atoms with van der Waals surface area (Å²) in [7, 11) is 0. The number of halogens is 3. The molecular weight excluding hydrogens is 361 g/mol. The molecule has 6 nitrogen and oxygen atoms in total. The van der Waals surface area contributed by atoms with Crippen molar-refractivity contribution in [2.24, 2.45) is 0 Å². The van der Waals surface area contributed by atoms with Crippen LogP contribution in [0.25, 0.3) is 0 Å². The van der Waals surface area contributed by atoms with E-state index in [0.29, 0.717) is 5.92 Å². The zero-order chi connectivity index (χ0) is 19.3. The topological polar surface area (TPSA) is 68.2 Å². The number of piperidine rings is 1. The van der Waals surface area contributed by atoms with Gasteiger partial charge in [-0.15, -0.1) is 13.2 Å². The average Bonchev–Trinajstić information content (AvgIpc) is 3.09. The fourth-order valence-corrected chi connectivity index (χ4v) is 3.06. The van der Waals surface area contributed by atoms with E-state index in [1.54, 1.807) is 12.3 Å². The van der Waals surface area contributed by atoms with Crippen LogP contribution in [0.5, 0.6) is 5.75 Å². The van der Waals surface area contributed by atoms with Crippen molar-refractivity contribution >= 4 is 5.91 Å². The number of amides is 1. The van der Waals surface area contributed by atoms with Crippen molar-refractivity contribution < 1.29 is 22.7 Å². The Labute approximate surface area is 154 Å². The van der Waals surface area contributed by atoms with E-state index in [1.807, 2.05) is 6.07 Å². The third kappa shape index (κ3) is 5.72. The number of hydrogen-bond acceptors (Lipinski definition) is 4. The molecule has 1 fully saturated rings. The van der Waals surface area contributed by atoms with Gasteiger partial charge < -0.3 is 15.4 Å². The molecule has 1 aliphatic rings. The monoisotopic (exact) mass is 382 g/mol. The van der Waals surface area contributed by atoms with E-state index in [4.69, 9.17) is 0 Å². The van der Waals surface area contributed by atoms with Gasteiger partial charge in [-0.1, -0.05) is 18.2 Å². The third-order valence-corrected chi connectivity index (χ3v) is 4.36. The van der Waals surface area contributed by atoms with E-state index in [2.05, 4.69) is 20.5 Å². The first-order valence-electron chi connectivity index (χ1n) is 8.75. The SMILES string of the molecule is O=C(Cn1ccc([C@@H]2CCCNC2)n1)NCc1ccccc1OC(F)(F)F. The van der Waals surface area contributed by atoms with Gasteiger partial charge in [0.1, 0.15) is 12.3 Å². The molecule has 1 aromatic heterocycles. The maximum atomic E-state index is 12.4. The second kappa shape index (κ2) is 8.43. The normalized spacial score (nSPS) is 17.5. The largest absolute Gasteiger partial charge is 0.573 e. The molecule has 1 saturated heterocycles. The lowest BCUT2D eigenvalue weighted by Crippen LogP contribution is -2.29. The fourth-order valence-electron chi connectivity index (χ4n) is 3.06. The van der Waals surface area contributed by atoms with Crippen LogP contribution in [-0.4, -0.2) is 35.1 Å². The quantitative estimate of drug-likeness (QED) is 0.806. The van der Waals surface area contributed by atoms with Crippen molar-refractivity contribution in [1.82, 2.24) is 20.4 Å². The highest BCUT2D eigenvalue weighted by Gasteiger charge is 2.32. The van der Waals surface area contributed by atoms with E-state index < -0.39 is 6.36 Å². The summed E-state index contributed by atoms with van der Waals surface area (Å²) < 4.78 is 42.8. The van der Waals surface area contributed by atoms with E-state index in [1.165, 1.54) is 22.9 Å². The van der Waals surface area contributed by atoms with E-state index in [-0.39, 0.29) is 30.3 Å². The molecule has 0 aliphatic carbocycles. The Morgan fingerprint density at radius 1 is 1.33 bits per heavy atom. The number of nitrogens with zero attached hydrogens (tertiary/aromatic N) is 2. The molecule has 0 spiro atoms. The number of rotatable bonds is 6. The third-order valence-electron chi connectivity index (χ3n) is 4.36. The van der Waals surface area contributed by atoms with Gasteiger partial charge in [0, 0.05) is 30.8 Å². The van der Waals surface area contributed by atoms with Gasteiger partial charge in [-0.3, -0.25) is 9.48 Å².